The predicted molar refractivity (Wildman–Crippen MR) is 80.3 cm³/mol. The second-order valence-corrected chi connectivity index (χ2v) is 6.53. The van der Waals surface area contributed by atoms with E-state index in [2.05, 4.69) is 60.3 Å². The van der Waals surface area contributed by atoms with Crippen molar-refractivity contribution in [2.24, 2.45) is 5.41 Å². The zero-order chi connectivity index (χ0) is 13.9. The van der Waals surface area contributed by atoms with Crippen molar-refractivity contribution in [3.8, 4) is 0 Å². The first-order valence-electron chi connectivity index (χ1n) is 7.23. The normalized spacial score (nSPS) is 19.8. The maximum atomic E-state index is 3.42. The van der Waals surface area contributed by atoms with E-state index >= 15 is 0 Å². The van der Waals surface area contributed by atoms with E-state index in [1.165, 1.54) is 5.56 Å². The number of piperazine rings is 1. The summed E-state index contributed by atoms with van der Waals surface area (Å²) in [7, 11) is 4.36. The van der Waals surface area contributed by atoms with E-state index in [-0.39, 0.29) is 5.41 Å². The predicted octanol–water partition coefficient (Wildman–Crippen LogP) is 1.55. The molecule has 0 spiro atoms. The number of aromatic nitrogens is 1. The second-order valence-electron chi connectivity index (χ2n) is 6.53. The molecule has 0 saturated carbocycles. The summed E-state index contributed by atoms with van der Waals surface area (Å²) in [6, 6.07) is 2.64. The molecule has 4 heteroatoms. The van der Waals surface area contributed by atoms with Crippen molar-refractivity contribution in [3.63, 3.8) is 0 Å². The van der Waals surface area contributed by atoms with E-state index in [0.29, 0.717) is 6.04 Å². The topological polar surface area (TPSA) is 34.3 Å². The highest BCUT2D eigenvalue weighted by atomic mass is 15.2. The first kappa shape index (κ1) is 14.6. The molecule has 1 unspecified atom stereocenters. The second kappa shape index (κ2) is 6.07. The lowest BCUT2D eigenvalue weighted by Gasteiger charge is -2.42. The van der Waals surface area contributed by atoms with Gasteiger partial charge in [-0.25, -0.2) is 0 Å². The number of rotatable bonds is 5. The summed E-state index contributed by atoms with van der Waals surface area (Å²) >= 11 is 0. The molecular weight excluding hydrogens is 236 g/mol. The van der Waals surface area contributed by atoms with Crippen LogP contribution < -0.4 is 5.32 Å². The fraction of sp³-hybridized carbons (Fsp3) is 0.733. The molecule has 4 nitrogen and oxygen atoms in total. The van der Waals surface area contributed by atoms with Crippen LogP contribution in [0.1, 0.15) is 25.5 Å². The number of hydrogen-bond acceptors (Lipinski definition) is 3. The summed E-state index contributed by atoms with van der Waals surface area (Å²) in [6.45, 7) is 10.5. The van der Waals surface area contributed by atoms with Crippen LogP contribution in [0.4, 0.5) is 0 Å². The number of aromatic amines is 1. The highest BCUT2D eigenvalue weighted by molar-refractivity contribution is 5.17. The summed E-state index contributed by atoms with van der Waals surface area (Å²) in [6.07, 6.45) is 4.15. The third-order valence-electron chi connectivity index (χ3n) is 4.04. The summed E-state index contributed by atoms with van der Waals surface area (Å²) in [5.74, 6) is 0. The monoisotopic (exact) mass is 264 g/mol. The van der Waals surface area contributed by atoms with Gasteiger partial charge in [0.05, 0.1) is 0 Å². The molecule has 0 radical (unpaired) electrons. The number of nitrogens with one attached hydrogen (secondary N) is 2. The van der Waals surface area contributed by atoms with Gasteiger partial charge < -0.3 is 20.1 Å². The molecule has 0 amide bonds. The smallest absolute Gasteiger partial charge is 0.0420 e. The van der Waals surface area contributed by atoms with Crippen LogP contribution in [-0.4, -0.2) is 61.6 Å². The molecule has 0 bridgehead atoms. The van der Waals surface area contributed by atoms with Crippen molar-refractivity contribution in [1.29, 1.82) is 0 Å². The van der Waals surface area contributed by atoms with Crippen molar-refractivity contribution in [1.82, 2.24) is 20.1 Å². The van der Waals surface area contributed by atoms with E-state index in [9.17, 15) is 0 Å². The molecule has 0 aromatic carbocycles. The Morgan fingerprint density at radius 1 is 1.32 bits per heavy atom. The highest BCUT2D eigenvalue weighted by Gasteiger charge is 2.34. The molecule has 1 aromatic heterocycles. The van der Waals surface area contributed by atoms with Crippen molar-refractivity contribution in [2.45, 2.75) is 19.9 Å². The van der Waals surface area contributed by atoms with Crippen molar-refractivity contribution < 1.29 is 0 Å². The van der Waals surface area contributed by atoms with Crippen LogP contribution >= 0.6 is 0 Å². The van der Waals surface area contributed by atoms with Gasteiger partial charge in [-0.1, -0.05) is 13.8 Å². The molecule has 1 aliphatic heterocycles. The molecule has 108 valence electrons. The van der Waals surface area contributed by atoms with E-state index in [1.807, 2.05) is 6.20 Å². The van der Waals surface area contributed by atoms with E-state index in [4.69, 9.17) is 0 Å². The molecular formula is C15H28N4. The zero-order valence-electron chi connectivity index (χ0n) is 12.7. The fourth-order valence-electron chi connectivity index (χ4n) is 3.49. The van der Waals surface area contributed by atoms with Crippen LogP contribution in [0.25, 0.3) is 0 Å². The highest BCUT2D eigenvalue weighted by Crippen LogP contribution is 2.37. The third kappa shape index (κ3) is 3.59. The maximum absolute atomic E-state index is 3.42. The molecule has 19 heavy (non-hydrogen) atoms. The van der Waals surface area contributed by atoms with Crippen molar-refractivity contribution in [3.05, 3.63) is 24.0 Å². The Hall–Kier alpha value is -0.840. The Balaban J connectivity index is 2.10. The fourth-order valence-corrected chi connectivity index (χ4v) is 3.49. The van der Waals surface area contributed by atoms with Crippen molar-refractivity contribution in [2.75, 3.05) is 46.8 Å². The lowest BCUT2D eigenvalue weighted by molar-refractivity contribution is 0.0769. The minimum atomic E-state index is 0.225. The van der Waals surface area contributed by atoms with Crippen LogP contribution in [0.5, 0.6) is 0 Å². The molecule has 2 rings (SSSR count). The van der Waals surface area contributed by atoms with Gasteiger partial charge in [0.1, 0.15) is 0 Å². The molecule has 1 aromatic rings. The minimum Gasteiger partial charge on any atom is -0.367 e. The molecule has 2 N–H and O–H groups in total. The largest absolute Gasteiger partial charge is 0.367 e. The standard InChI is InChI=1S/C15H28N4/c1-15(2,12-19-9-7-16-8-10-19)14(18(3)4)13-5-6-17-11-13/h5-6,11,14,16-17H,7-10,12H2,1-4H3. The summed E-state index contributed by atoms with van der Waals surface area (Å²) in [5.41, 5.74) is 1.60. The Morgan fingerprint density at radius 3 is 2.53 bits per heavy atom. The van der Waals surface area contributed by atoms with Gasteiger partial charge >= 0.3 is 0 Å². The average molecular weight is 264 g/mol. The Kier molecular flexibility index (Phi) is 4.66. The summed E-state index contributed by atoms with van der Waals surface area (Å²) in [5, 5.41) is 3.42. The van der Waals surface area contributed by atoms with Gasteiger partial charge in [0.25, 0.3) is 0 Å². The van der Waals surface area contributed by atoms with Gasteiger partial charge in [0.2, 0.25) is 0 Å². The van der Waals surface area contributed by atoms with Gasteiger partial charge in [-0.3, -0.25) is 0 Å². The van der Waals surface area contributed by atoms with Gasteiger partial charge in [0, 0.05) is 51.2 Å². The third-order valence-corrected chi connectivity index (χ3v) is 4.04. The molecule has 1 aliphatic rings. The van der Waals surface area contributed by atoms with Crippen LogP contribution in [0.2, 0.25) is 0 Å². The summed E-state index contributed by atoms with van der Waals surface area (Å²) < 4.78 is 0. The minimum absolute atomic E-state index is 0.225. The quantitative estimate of drug-likeness (QED) is 0.847. The van der Waals surface area contributed by atoms with Gasteiger partial charge in [-0.2, -0.15) is 0 Å². The Labute approximate surface area is 117 Å². The first-order chi connectivity index (χ1) is 9.00. The number of H-pyrrole nitrogens is 1. The van der Waals surface area contributed by atoms with Gasteiger partial charge in [-0.15, -0.1) is 0 Å². The lowest BCUT2D eigenvalue weighted by Crippen LogP contribution is -2.49. The van der Waals surface area contributed by atoms with Crippen LogP contribution in [-0.2, 0) is 0 Å². The van der Waals surface area contributed by atoms with Crippen molar-refractivity contribution >= 4 is 0 Å². The molecule has 1 fully saturated rings. The van der Waals surface area contributed by atoms with E-state index in [0.717, 1.165) is 32.7 Å². The average Bonchev–Trinajstić information content (AvgIpc) is 2.82. The molecule has 1 saturated heterocycles. The van der Waals surface area contributed by atoms with E-state index < -0.39 is 0 Å². The molecule has 0 aliphatic carbocycles. The van der Waals surface area contributed by atoms with Crippen LogP contribution in [0, 0.1) is 5.41 Å². The molecule has 1 atom stereocenters. The van der Waals surface area contributed by atoms with E-state index in [1.54, 1.807) is 0 Å². The molecule has 2 heterocycles. The first-order valence-corrected chi connectivity index (χ1v) is 7.23. The van der Waals surface area contributed by atoms with Gasteiger partial charge in [-0.05, 0) is 31.1 Å². The maximum Gasteiger partial charge on any atom is 0.0420 e. The van der Waals surface area contributed by atoms with Crippen LogP contribution in [0.15, 0.2) is 18.5 Å². The Morgan fingerprint density at radius 2 is 2.00 bits per heavy atom. The lowest BCUT2D eigenvalue weighted by atomic mass is 9.80. The number of hydrogen-bond donors (Lipinski definition) is 2. The Bertz CT molecular complexity index is 364. The number of nitrogens with zero attached hydrogens (tertiary/aromatic N) is 2. The zero-order valence-corrected chi connectivity index (χ0v) is 12.7. The SMILES string of the molecule is CN(C)C(c1cc[nH]c1)C(C)(C)CN1CCNCC1. The summed E-state index contributed by atoms with van der Waals surface area (Å²) in [4.78, 5) is 8.11. The van der Waals surface area contributed by atoms with Gasteiger partial charge in [0.15, 0.2) is 0 Å². The van der Waals surface area contributed by atoms with Crippen LogP contribution in [0.3, 0.4) is 0 Å².